The van der Waals surface area contributed by atoms with Crippen LogP contribution < -0.4 is 0 Å². The van der Waals surface area contributed by atoms with Crippen LogP contribution in [0.1, 0.15) is 45.4 Å². The van der Waals surface area contributed by atoms with Crippen LogP contribution in [-0.4, -0.2) is 48.0 Å². The van der Waals surface area contributed by atoms with E-state index >= 15 is 0 Å². The molecule has 94 valence electrons. The Bertz CT molecular complexity index is 194. The summed E-state index contributed by atoms with van der Waals surface area (Å²) in [6, 6.07) is 0.728. The van der Waals surface area contributed by atoms with Crippen LogP contribution in [0, 0.1) is 0 Å². The van der Waals surface area contributed by atoms with Crippen molar-refractivity contribution in [1.29, 1.82) is 0 Å². The fraction of sp³-hybridized carbons (Fsp3) is 1.00. The smallest absolute Gasteiger partial charge is 0.0599 e. The molecule has 1 saturated carbocycles. The number of likely N-dealkylation sites (tertiary alicyclic amines) is 1. The maximum absolute atomic E-state index is 9.50. The number of piperidine rings is 1. The van der Waals surface area contributed by atoms with Gasteiger partial charge in [0.15, 0.2) is 0 Å². The van der Waals surface area contributed by atoms with Gasteiger partial charge in [-0.3, -0.25) is 0 Å². The first-order valence-electron chi connectivity index (χ1n) is 6.83. The monoisotopic (exact) mass is 227 g/mol. The van der Waals surface area contributed by atoms with Crippen molar-refractivity contribution in [3.8, 4) is 0 Å². The molecule has 0 spiro atoms. The van der Waals surface area contributed by atoms with E-state index < -0.39 is 0 Å². The minimum atomic E-state index is -0.0304. The molecule has 3 heteroatoms. The van der Waals surface area contributed by atoms with E-state index in [1.165, 1.54) is 38.8 Å². The van der Waals surface area contributed by atoms with E-state index in [4.69, 9.17) is 4.74 Å². The van der Waals surface area contributed by atoms with Gasteiger partial charge in [-0.25, -0.2) is 0 Å². The zero-order valence-corrected chi connectivity index (χ0v) is 10.4. The number of rotatable bonds is 3. The lowest BCUT2D eigenvalue weighted by Crippen LogP contribution is -2.45. The second kappa shape index (κ2) is 5.99. The number of ether oxygens (including phenoxy) is 1. The molecule has 0 unspecified atom stereocenters. The molecule has 1 saturated heterocycles. The van der Waals surface area contributed by atoms with Gasteiger partial charge in [-0.05, 0) is 45.4 Å². The van der Waals surface area contributed by atoms with Crippen molar-refractivity contribution in [1.82, 2.24) is 4.90 Å². The van der Waals surface area contributed by atoms with E-state index in [0.29, 0.717) is 6.10 Å². The molecule has 0 bridgehead atoms. The van der Waals surface area contributed by atoms with E-state index in [1.807, 2.05) is 0 Å². The Labute approximate surface area is 98.8 Å². The predicted molar refractivity (Wildman–Crippen MR) is 64.5 cm³/mol. The van der Waals surface area contributed by atoms with Gasteiger partial charge >= 0.3 is 0 Å². The van der Waals surface area contributed by atoms with E-state index in [-0.39, 0.29) is 6.10 Å². The number of aliphatic hydroxyl groups excluding tert-OH is 1. The summed E-state index contributed by atoms with van der Waals surface area (Å²) in [5.41, 5.74) is 0. The van der Waals surface area contributed by atoms with Crippen molar-refractivity contribution < 1.29 is 9.84 Å². The molecule has 2 fully saturated rings. The molecule has 1 aliphatic heterocycles. The van der Waals surface area contributed by atoms with Crippen LogP contribution >= 0.6 is 0 Å². The van der Waals surface area contributed by atoms with Crippen molar-refractivity contribution in [2.75, 3.05) is 19.7 Å². The van der Waals surface area contributed by atoms with Gasteiger partial charge in [-0.15, -0.1) is 0 Å². The Morgan fingerprint density at radius 3 is 2.25 bits per heavy atom. The van der Waals surface area contributed by atoms with Crippen LogP contribution in [-0.2, 0) is 4.74 Å². The van der Waals surface area contributed by atoms with Crippen LogP contribution in [0.3, 0.4) is 0 Å². The number of nitrogens with zero attached hydrogens (tertiary/aromatic N) is 1. The van der Waals surface area contributed by atoms with Crippen LogP contribution in [0.4, 0.5) is 0 Å². The highest BCUT2D eigenvalue weighted by Gasteiger charge is 2.28. The summed E-state index contributed by atoms with van der Waals surface area (Å²) in [4.78, 5) is 2.61. The Balaban J connectivity index is 1.72. The third kappa shape index (κ3) is 3.19. The van der Waals surface area contributed by atoms with Gasteiger partial charge in [0.1, 0.15) is 0 Å². The first kappa shape index (κ1) is 12.3. The highest BCUT2D eigenvalue weighted by molar-refractivity contribution is 4.83. The van der Waals surface area contributed by atoms with Gasteiger partial charge < -0.3 is 14.7 Å². The average molecular weight is 227 g/mol. The highest BCUT2D eigenvalue weighted by atomic mass is 16.5. The molecule has 2 aliphatic rings. The standard InChI is InChI=1S/C13H25NO2/c1-2-16-13-7-9-14(10-8-13)11-3-5-12(15)6-4-11/h11-13,15H,2-10H2,1H3. The van der Waals surface area contributed by atoms with Crippen LogP contribution in [0.2, 0.25) is 0 Å². The Kier molecular flexibility index (Phi) is 4.62. The number of hydrogen-bond donors (Lipinski definition) is 1. The van der Waals surface area contributed by atoms with E-state index in [0.717, 1.165) is 25.5 Å². The molecule has 0 amide bonds. The van der Waals surface area contributed by atoms with Crippen molar-refractivity contribution in [3.63, 3.8) is 0 Å². The van der Waals surface area contributed by atoms with Crippen LogP contribution in [0.5, 0.6) is 0 Å². The van der Waals surface area contributed by atoms with Gasteiger partial charge in [0.25, 0.3) is 0 Å². The minimum Gasteiger partial charge on any atom is -0.393 e. The first-order chi connectivity index (χ1) is 7.79. The van der Waals surface area contributed by atoms with Crippen molar-refractivity contribution >= 4 is 0 Å². The Morgan fingerprint density at radius 1 is 1.06 bits per heavy atom. The van der Waals surface area contributed by atoms with Gasteiger partial charge in [0.2, 0.25) is 0 Å². The van der Waals surface area contributed by atoms with Gasteiger partial charge in [0, 0.05) is 25.7 Å². The lowest BCUT2D eigenvalue weighted by Gasteiger charge is -2.40. The topological polar surface area (TPSA) is 32.7 Å². The first-order valence-corrected chi connectivity index (χ1v) is 6.83. The lowest BCUT2D eigenvalue weighted by molar-refractivity contribution is -0.00748. The van der Waals surface area contributed by atoms with Crippen molar-refractivity contribution in [2.24, 2.45) is 0 Å². The SMILES string of the molecule is CCOC1CCN(C2CCC(O)CC2)CC1. The van der Waals surface area contributed by atoms with E-state index in [1.54, 1.807) is 0 Å². The van der Waals surface area contributed by atoms with Gasteiger partial charge in [0.05, 0.1) is 12.2 Å². The maximum atomic E-state index is 9.50. The summed E-state index contributed by atoms with van der Waals surface area (Å²) >= 11 is 0. The molecule has 3 nitrogen and oxygen atoms in total. The fourth-order valence-corrected chi connectivity index (χ4v) is 3.07. The minimum absolute atomic E-state index is 0.0304. The summed E-state index contributed by atoms with van der Waals surface area (Å²) in [5.74, 6) is 0. The molecule has 1 heterocycles. The molecule has 1 N–H and O–H groups in total. The molecule has 0 aromatic carbocycles. The van der Waals surface area contributed by atoms with E-state index in [9.17, 15) is 5.11 Å². The third-order valence-corrected chi connectivity index (χ3v) is 4.06. The molecular formula is C13H25NO2. The number of hydrogen-bond acceptors (Lipinski definition) is 3. The lowest BCUT2D eigenvalue weighted by atomic mass is 9.90. The largest absolute Gasteiger partial charge is 0.393 e. The van der Waals surface area contributed by atoms with Crippen molar-refractivity contribution in [3.05, 3.63) is 0 Å². The molecule has 0 radical (unpaired) electrons. The maximum Gasteiger partial charge on any atom is 0.0599 e. The summed E-state index contributed by atoms with van der Waals surface area (Å²) in [6.07, 6.45) is 7.19. The average Bonchev–Trinajstić information content (AvgIpc) is 2.32. The fourth-order valence-electron chi connectivity index (χ4n) is 3.07. The van der Waals surface area contributed by atoms with E-state index in [2.05, 4.69) is 11.8 Å². The predicted octanol–water partition coefficient (Wildman–Crippen LogP) is 1.79. The molecule has 16 heavy (non-hydrogen) atoms. The van der Waals surface area contributed by atoms with Crippen LogP contribution in [0.15, 0.2) is 0 Å². The summed E-state index contributed by atoms with van der Waals surface area (Å²) < 4.78 is 5.67. The molecule has 2 rings (SSSR count). The quantitative estimate of drug-likeness (QED) is 0.798. The summed E-state index contributed by atoms with van der Waals surface area (Å²) in [5, 5.41) is 9.50. The summed E-state index contributed by atoms with van der Waals surface area (Å²) in [7, 11) is 0. The Morgan fingerprint density at radius 2 is 1.69 bits per heavy atom. The summed E-state index contributed by atoms with van der Waals surface area (Å²) in [6.45, 7) is 5.30. The molecule has 0 atom stereocenters. The van der Waals surface area contributed by atoms with Crippen molar-refractivity contribution in [2.45, 2.75) is 63.7 Å². The molecule has 0 aromatic heterocycles. The Hall–Kier alpha value is -0.120. The normalized spacial score (nSPS) is 34.1. The van der Waals surface area contributed by atoms with Crippen LogP contribution in [0.25, 0.3) is 0 Å². The third-order valence-electron chi connectivity index (χ3n) is 4.06. The van der Waals surface area contributed by atoms with Gasteiger partial charge in [-0.2, -0.15) is 0 Å². The second-order valence-electron chi connectivity index (χ2n) is 5.15. The highest BCUT2D eigenvalue weighted by Crippen LogP contribution is 2.26. The van der Waals surface area contributed by atoms with Gasteiger partial charge in [-0.1, -0.05) is 0 Å². The zero-order chi connectivity index (χ0) is 11.4. The molecule has 0 aromatic rings. The zero-order valence-electron chi connectivity index (χ0n) is 10.4. The molecule has 1 aliphatic carbocycles. The number of aliphatic hydroxyl groups is 1. The second-order valence-corrected chi connectivity index (χ2v) is 5.15. The molecular weight excluding hydrogens is 202 g/mol.